The van der Waals surface area contributed by atoms with E-state index in [9.17, 15) is 4.79 Å². The topological polar surface area (TPSA) is 62.7 Å². The Labute approximate surface area is 117 Å². The van der Waals surface area contributed by atoms with Gasteiger partial charge in [0.25, 0.3) is 0 Å². The SMILES string of the molecule is CN=C(NCCCCC(=O)OC)NCCCC(C)C. The lowest BCUT2D eigenvalue weighted by Gasteiger charge is -2.12. The Morgan fingerprint density at radius 3 is 2.32 bits per heavy atom. The monoisotopic (exact) mass is 271 g/mol. The Hall–Kier alpha value is -1.26. The van der Waals surface area contributed by atoms with Gasteiger partial charge in [0.05, 0.1) is 7.11 Å². The summed E-state index contributed by atoms with van der Waals surface area (Å²) in [4.78, 5) is 15.1. The number of hydrogen-bond acceptors (Lipinski definition) is 3. The van der Waals surface area contributed by atoms with E-state index in [-0.39, 0.29) is 5.97 Å². The van der Waals surface area contributed by atoms with E-state index in [1.807, 2.05) is 0 Å². The number of nitrogens with one attached hydrogen (secondary N) is 2. The lowest BCUT2D eigenvalue weighted by atomic mass is 10.1. The molecule has 5 heteroatoms. The molecule has 0 atom stereocenters. The zero-order valence-corrected chi connectivity index (χ0v) is 12.8. The number of aliphatic imine (C=N–C) groups is 1. The Bertz CT molecular complexity index is 265. The average molecular weight is 271 g/mol. The van der Waals surface area contributed by atoms with Crippen LogP contribution in [0.15, 0.2) is 4.99 Å². The summed E-state index contributed by atoms with van der Waals surface area (Å²) in [7, 11) is 3.19. The van der Waals surface area contributed by atoms with Gasteiger partial charge in [-0.15, -0.1) is 0 Å². The largest absolute Gasteiger partial charge is 0.469 e. The van der Waals surface area contributed by atoms with Gasteiger partial charge in [-0.2, -0.15) is 0 Å². The van der Waals surface area contributed by atoms with Gasteiger partial charge in [-0.25, -0.2) is 0 Å². The molecule has 0 aliphatic carbocycles. The van der Waals surface area contributed by atoms with Crippen molar-refractivity contribution in [3.05, 3.63) is 0 Å². The summed E-state index contributed by atoms with van der Waals surface area (Å²) >= 11 is 0. The van der Waals surface area contributed by atoms with E-state index < -0.39 is 0 Å². The minimum absolute atomic E-state index is 0.142. The molecule has 0 amide bonds. The molecule has 5 nitrogen and oxygen atoms in total. The Morgan fingerprint density at radius 2 is 1.79 bits per heavy atom. The quantitative estimate of drug-likeness (QED) is 0.291. The maximum absolute atomic E-state index is 10.9. The normalized spacial score (nSPS) is 11.5. The molecule has 112 valence electrons. The third kappa shape index (κ3) is 11.6. The fourth-order valence-corrected chi connectivity index (χ4v) is 1.64. The van der Waals surface area contributed by atoms with Gasteiger partial charge in [0.1, 0.15) is 0 Å². The third-order valence-corrected chi connectivity index (χ3v) is 2.80. The zero-order chi connectivity index (χ0) is 14.5. The van der Waals surface area contributed by atoms with Crippen molar-refractivity contribution in [2.24, 2.45) is 10.9 Å². The minimum atomic E-state index is -0.142. The standard InChI is InChI=1S/C14H29N3O2/c1-12(2)8-7-11-17-14(15-3)16-10-6-5-9-13(18)19-4/h12H,5-11H2,1-4H3,(H2,15,16,17). The van der Waals surface area contributed by atoms with E-state index >= 15 is 0 Å². The van der Waals surface area contributed by atoms with Crippen LogP contribution in [0, 0.1) is 5.92 Å². The lowest BCUT2D eigenvalue weighted by molar-refractivity contribution is -0.140. The average Bonchev–Trinajstić information content (AvgIpc) is 2.40. The van der Waals surface area contributed by atoms with E-state index in [2.05, 4.69) is 34.2 Å². The molecule has 0 aromatic heterocycles. The maximum Gasteiger partial charge on any atom is 0.305 e. The van der Waals surface area contributed by atoms with Gasteiger partial charge < -0.3 is 15.4 Å². The Balaban J connectivity index is 3.52. The summed E-state index contributed by atoms with van der Waals surface area (Å²) in [6, 6.07) is 0. The van der Waals surface area contributed by atoms with E-state index in [1.165, 1.54) is 13.5 Å². The second-order valence-corrected chi connectivity index (χ2v) is 5.00. The van der Waals surface area contributed by atoms with Crippen LogP contribution in [0.5, 0.6) is 0 Å². The van der Waals surface area contributed by atoms with Crippen molar-refractivity contribution in [2.75, 3.05) is 27.2 Å². The first-order chi connectivity index (χ1) is 9.10. The summed E-state index contributed by atoms with van der Waals surface area (Å²) in [5.41, 5.74) is 0. The van der Waals surface area contributed by atoms with Gasteiger partial charge in [0.2, 0.25) is 0 Å². The van der Waals surface area contributed by atoms with Gasteiger partial charge in [-0.1, -0.05) is 13.8 Å². The van der Waals surface area contributed by atoms with Crippen molar-refractivity contribution >= 4 is 11.9 Å². The first-order valence-corrected chi connectivity index (χ1v) is 7.11. The molecule has 0 spiro atoms. The highest BCUT2D eigenvalue weighted by molar-refractivity contribution is 5.79. The lowest BCUT2D eigenvalue weighted by Crippen LogP contribution is -2.38. The van der Waals surface area contributed by atoms with Gasteiger partial charge in [0, 0.05) is 26.6 Å². The highest BCUT2D eigenvalue weighted by atomic mass is 16.5. The summed E-state index contributed by atoms with van der Waals surface area (Å²) in [5, 5.41) is 6.52. The number of nitrogens with zero attached hydrogens (tertiary/aromatic N) is 1. The van der Waals surface area contributed by atoms with Crippen LogP contribution in [0.3, 0.4) is 0 Å². The summed E-state index contributed by atoms with van der Waals surface area (Å²) < 4.78 is 4.59. The number of esters is 1. The van der Waals surface area contributed by atoms with E-state index in [4.69, 9.17) is 0 Å². The molecule has 0 heterocycles. The van der Waals surface area contributed by atoms with Crippen molar-refractivity contribution in [1.82, 2.24) is 10.6 Å². The fraction of sp³-hybridized carbons (Fsp3) is 0.857. The molecule has 0 radical (unpaired) electrons. The van der Waals surface area contributed by atoms with Crippen LogP contribution < -0.4 is 10.6 Å². The van der Waals surface area contributed by atoms with Crippen LogP contribution in [0.4, 0.5) is 0 Å². The number of carbonyl (C=O) groups excluding carboxylic acids is 1. The second-order valence-electron chi connectivity index (χ2n) is 5.00. The molecular weight excluding hydrogens is 242 g/mol. The highest BCUT2D eigenvalue weighted by Gasteiger charge is 2.00. The predicted molar refractivity (Wildman–Crippen MR) is 79.3 cm³/mol. The van der Waals surface area contributed by atoms with E-state index in [0.717, 1.165) is 44.2 Å². The van der Waals surface area contributed by atoms with Gasteiger partial charge in [-0.05, 0) is 31.6 Å². The highest BCUT2D eigenvalue weighted by Crippen LogP contribution is 2.01. The van der Waals surface area contributed by atoms with Gasteiger partial charge in [-0.3, -0.25) is 9.79 Å². The molecule has 0 aliphatic rings. The molecule has 19 heavy (non-hydrogen) atoms. The molecule has 0 saturated carbocycles. The molecule has 0 fully saturated rings. The minimum Gasteiger partial charge on any atom is -0.469 e. The molecule has 0 aromatic carbocycles. The van der Waals surface area contributed by atoms with Gasteiger partial charge >= 0.3 is 5.97 Å². The number of hydrogen-bond donors (Lipinski definition) is 2. The molecular formula is C14H29N3O2. The van der Waals surface area contributed by atoms with Crippen LogP contribution in [-0.4, -0.2) is 39.2 Å². The second kappa shape index (κ2) is 11.8. The maximum atomic E-state index is 10.9. The third-order valence-electron chi connectivity index (χ3n) is 2.80. The molecule has 0 saturated heterocycles. The predicted octanol–water partition coefficient (Wildman–Crippen LogP) is 1.93. The van der Waals surface area contributed by atoms with Crippen LogP contribution >= 0.6 is 0 Å². The number of rotatable bonds is 9. The number of unbranched alkanes of at least 4 members (excludes halogenated alkanes) is 1. The smallest absolute Gasteiger partial charge is 0.305 e. The summed E-state index contributed by atoms with van der Waals surface area (Å²) in [6.45, 7) is 6.23. The molecule has 0 rings (SSSR count). The molecule has 2 N–H and O–H groups in total. The van der Waals surface area contributed by atoms with Crippen molar-refractivity contribution in [2.45, 2.75) is 46.0 Å². The van der Waals surface area contributed by atoms with Gasteiger partial charge in [0.15, 0.2) is 5.96 Å². The number of guanidine groups is 1. The van der Waals surface area contributed by atoms with Crippen molar-refractivity contribution in [3.8, 4) is 0 Å². The van der Waals surface area contributed by atoms with Crippen LogP contribution in [-0.2, 0) is 9.53 Å². The fourth-order valence-electron chi connectivity index (χ4n) is 1.64. The summed E-state index contributed by atoms with van der Waals surface area (Å²) in [6.07, 6.45) is 4.63. The van der Waals surface area contributed by atoms with Crippen LogP contribution in [0.25, 0.3) is 0 Å². The Kier molecular flexibility index (Phi) is 11.0. The van der Waals surface area contributed by atoms with Crippen LogP contribution in [0.2, 0.25) is 0 Å². The van der Waals surface area contributed by atoms with Crippen LogP contribution in [0.1, 0.15) is 46.0 Å². The van der Waals surface area contributed by atoms with Crippen molar-refractivity contribution in [1.29, 1.82) is 0 Å². The number of ether oxygens (including phenoxy) is 1. The Morgan fingerprint density at radius 1 is 1.16 bits per heavy atom. The van der Waals surface area contributed by atoms with Crippen molar-refractivity contribution in [3.63, 3.8) is 0 Å². The van der Waals surface area contributed by atoms with Crippen molar-refractivity contribution < 1.29 is 9.53 Å². The summed E-state index contributed by atoms with van der Waals surface area (Å²) in [5.74, 6) is 1.44. The van der Waals surface area contributed by atoms with E-state index in [0.29, 0.717) is 6.42 Å². The molecule has 0 unspecified atom stereocenters. The molecule has 0 aliphatic heterocycles. The number of carbonyl (C=O) groups is 1. The molecule has 0 bridgehead atoms. The number of methoxy groups -OCH3 is 1. The van der Waals surface area contributed by atoms with E-state index in [1.54, 1.807) is 7.05 Å². The first kappa shape index (κ1) is 17.7. The molecule has 0 aromatic rings. The zero-order valence-electron chi connectivity index (χ0n) is 12.8. The first-order valence-electron chi connectivity index (χ1n) is 7.11.